The van der Waals surface area contributed by atoms with E-state index in [-0.39, 0.29) is 11.9 Å². The van der Waals surface area contributed by atoms with E-state index in [2.05, 4.69) is 15.0 Å². The van der Waals surface area contributed by atoms with E-state index in [0.717, 1.165) is 11.1 Å². The summed E-state index contributed by atoms with van der Waals surface area (Å²) in [5.74, 6) is 0.537. The smallest absolute Gasteiger partial charge is 0.244 e. The number of β-amino-alcohol motifs (C(OH)–C–C–N with tert-alkyl or cyclic N) is 1. The zero-order valence-corrected chi connectivity index (χ0v) is 16.4. The number of aliphatic hydroxyl groups excluding tert-OH is 1. The molecule has 2 atom stereocenters. The lowest BCUT2D eigenvalue weighted by atomic mass is 10.1. The molecule has 1 fully saturated rings. The Morgan fingerprint density at radius 2 is 1.96 bits per heavy atom. The van der Waals surface area contributed by atoms with Crippen LogP contribution >= 0.6 is 23.2 Å². The van der Waals surface area contributed by atoms with E-state index in [1.54, 1.807) is 6.07 Å². The summed E-state index contributed by atoms with van der Waals surface area (Å²) in [6.45, 7) is 1.16. The van der Waals surface area contributed by atoms with E-state index in [4.69, 9.17) is 27.7 Å². The fourth-order valence-corrected chi connectivity index (χ4v) is 3.81. The van der Waals surface area contributed by atoms with Gasteiger partial charge in [-0.1, -0.05) is 46.6 Å². The van der Waals surface area contributed by atoms with Crippen LogP contribution in [-0.4, -0.2) is 32.8 Å². The van der Waals surface area contributed by atoms with Gasteiger partial charge in [0.05, 0.1) is 12.1 Å². The highest BCUT2D eigenvalue weighted by atomic mass is 35.5. The fourth-order valence-electron chi connectivity index (χ4n) is 3.45. The predicted molar refractivity (Wildman–Crippen MR) is 104 cm³/mol. The first kappa shape index (κ1) is 19.3. The molecule has 0 radical (unpaired) electrons. The van der Waals surface area contributed by atoms with Crippen molar-refractivity contribution < 1.29 is 14.0 Å². The van der Waals surface area contributed by atoms with Crippen LogP contribution < -0.4 is 0 Å². The Morgan fingerprint density at radius 1 is 1.18 bits per heavy atom. The third kappa shape index (κ3) is 4.36. The molecule has 4 rings (SSSR count). The van der Waals surface area contributed by atoms with Crippen molar-refractivity contribution in [2.45, 2.75) is 31.5 Å². The first-order valence-corrected chi connectivity index (χ1v) is 9.66. The van der Waals surface area contributed by atoms with Crippen LogP contribution in [0.4, 0.5) is 4.39 Å². The van der Waals surface area contributed by atoms with E-state index in [0.29, 0.717) is 47.7 Å². The van der Waals surface area contributed by atoms with Gasteiger partial charge in [-0.2, -0.15) is 4.98 Å². The number of aromatic nitrogens is 2. The van der Waals surface area contributed by atoms with E-state index in [1.807, 2.05) is 24.3 Å². The van der Waals surface area contributed by atoms with Crippen molar-refractivity contribution in [1.29, 1.82) is 0 Å². The summed E-state index contributed by atoms with van der Waals surface area (Å²) in [5, 5.41) is 15.2. The second kappa shape index (κ2) is 8.17. The molecule has 146 valence electrons. The monoisotopic (exact) mass is 421 g/mol. The Hall–Kier alpha value is -1.99. The maximum absolute atomic E-state index is 13.2. The second-order valence-electron chi connectivity index (χ2n) is 6.92. The van der Waals surface area contributed by atoms with Gasteiger partial charge in [0.1, 0.15) is 5.82 Å². The van der Waals surface area contributed by atoms with Crippen LogP contribution in [0.25, 0.3) is 0 Å². The van der Waals surface area contributed by atoms with E-state index >= 15 is 0 Å². The van der Waals surface area contributed by atoms with Gasteiger partial charge in [-0.3, -0.25) is 4.90 Å². The van der Waals surface area contributed by atoms with Crippen molar-refractivity contribution in [3.8, 4) is 0 Å². The number of rotatable bonds is 5. The van der Waals surface area contributed by atoms with Gasteiger partial charge in [0.15, 0.2) is 5.82 Å². The number of hydrogen-bond acceptors (Lipinski definition) is 5. The molecule has 0 unspecified atom stereocenters. The molecule has 0 aliphatic carbocycles. The first-order chi connectivity index (χ1) is 13.5. The molecule has 3 aromatic rings. The van der Waals surface area contributed by atoms with Crippen LogP contribution in [0, 0.1) is 5.82 Å². The Labute approximate surface area is 171 Å². The van der Waals surface area contributed by atoms with Crippen molar-refractivity contribution in [1.82, 2.24) is 15.0 Å². The van der Waals surface area contributed by atoms with Crippen LogP contribution in [0.1, 0.15) is 35.3 Å². The van der Waals surface area contributed by atoms with Gasteiger partial charge in [-0.25, -0.2) is 4.39 Å². The summed E-state index contributed by atoms with van der Waals surface area (Å²) in [5.41, 5.74) is 1.81. The lowest BCUT2D eigenvalue weighted by molar-refractivity contribution is 0.169. The Balaban J connectivity index is 1.50. The van der Waals surface area contributed by atoms with E-state index < -0.39 is 6.10 Å². The lowest BCUT2D eigenvalue weighted by Gasteiger charge is -2.21. The van der Waals surface area contributed by atoms with Crippen LogP contribution in [0.3, 0.4) is 0 Å². The number of hydrogen-bond donors (Lipinski definition) is 1. The van der Waals surface area contributed by atoms with Gasteiger partial charge in [-0.15, -0.1) is 0 Å². The third-order valence-electron chi connectivity index (χ3n) is 4.81. The van der Waals surface area contributed by atoms with Gasteiger partial charge in [0.2, 0.25) is 5.89 Å². The molecule has 1 aliphatic heterocycles. The van der Waals surface area contributed by atoms with Gasteiger partial charge < -0.3 is 9.63 Å². The number of benzene rings is 2. The molecule has 2 aromatic carbocycles. The zero-order valence-electron chi connectivity index (χ0n) is 14.9. The summed E-state index contributed by atoms with van der Waals surface area (Å²) in [7, 11) is 0. The molecular formula is C20H18Cl2FN3O2. The highest BCUT2D eigenvalue weighted by Gasteiger charge is 2.35. The average molecular weight is 422 g/mol. The summed E-state index contributed by atoms with van der Waals surface area (Å²) < 4.78 is 18.7. The molecule has 2 heterocycles. The van der Waals surface area contributed by atoms with Crippen molar-refractivity contribution in [2.24, 2.45) is 0 Å². The zero-order chi connectivity index (χ0) is 19.7. The summed E-state index contributed by atoms with van der Waals surface area (Å²) >= 11 is 12.0. The molecular weight excluding hydrogens is 404 g/mol. The van der Waals surface area contributed by atoms with Crippen molar-refractivity contribution >= 4 is 23.2 Å². The molecule has 0 amide bonds. The van der Waals surface area contributed by atoms with Crippen molar-refractivity contribution in [3.63, 3.8) is 0 Å². The number of nitrogens with zero attached hydrogens (tertiary/aromatic N) is 3. The van der Waals surface area contributed by atoms with E-state index in [1.165, 1.54) is 12.1 Å². The lowest BCUT2D eigenvalue weighted by Crippen LogP contribution is -2.24. The molecule has 8 heteroatoms. The SMILES string of the molecule is O[C@@H]1C[C@@H](c2nc(Cc3ccc(F)cc3Cl)no2)N(Cc2ccc(Cl)cc2)C1. The number of likely N-dealkylation sites (tertiary alicyclic amines) is 1. The maximum atomic E-state index is 13.2. The predicted octanol–water partition coefficient (Wildman–Crippen LogP) is 4.41. The standard InChI is InChI=1S/C20H18Cl2FN3O2/c21-14-4-1-12(2-5-14)10-26-11-16(27)9-18(26)20-24-19(25-28-20)7-13-3-6-15(23)8-17(13)22/h1-6,8,16,18,27H,7,9-11H2/t16-,18+/m1/s1. The molecule has 1 saturated heterocycles. The topological polar surface area (TPSA) is 62.4 Å². The molecule has 1 aliphatic rings. The highest BCUT2D eigenvalue weighted by molar-refractivity contribution is 6.31. The van der Waals surface area contributed by atoms with Gasteiger partial charge in [-0.05, 0) is 41.8 Å². The van der Waals surface area contributed by atoms with Crippen molar-refractivity contribution in [2.75, 3.05) is 6.54 Å². The molecule has 0 bridgehead atoms. The largest absolute Gasteiger partial charge is 0.392 e. The van der Waals surface area contributed by atoms with E-state index in [9.17, 15) is 9.50 Å². The normalized spacial score (nSPS) is 20.0. The van der Waals surface area contributed by atoms with Crippen LogP contribution in [0.2, 0.25) is 10.0 Å². The molecule has 1 aromatic heterocycles. The van der Waals surface area contributed by atoms with Crippen LogP contribution in [-0.2, 0) is 13.0 Å². The van der Waals surface area contributed by atoms with Crippen LogP contribution in [0.15, 0.2) is 47.0 Å². The van der Waals surface area contributed by atoms with Gasteiger partial charge in [0, 0.05) is 29.6 Å². The molecule has 28 heavy (non-hydrogen) atoms. The maximum Gasteiger partial charge on any atom is 0.244 e. The first-order valence-electron chi connectivity index (χ1n) is 8.91. The molecule has 5 nitrogen and oxygen atoms in total. The van der Waals surface area contributed by atoms with Gasteiger partial charge >= 0.3 is 0 Å². The van der Waals surface area contributed by atoms with Crippen LogP contribution in [0.5, 0.6) is 0 Å². The minimum Gasteiger partial charge on any atom is -0.392 e. The fraction of sp³-hybridized carbons (Fsp3) is 0.300. The third-order valence-corrected chi connectivity index (χ3v) is 5.42. The highest BCUT2D eigenvalue weighted by Crippen LogP contribution is 2.33. The van der Waals surface area contributed by atoms with Gasteiger partial charge in [0.25, 0.3) is 0 Å². The Bertz CT molecular complexity index is 964. The molecule has 0 spiro atoms. The minimum atomic E-state index is -0.459. The molecule has 1 N–H and O–H groups in total. The minimum absolute atomic E-state index is 0.171. The molecule has 0 saturated carbocycles. The Morgan fingerprint density at radius 3 is 2.71 bits per heavy atom. The summed E-state index contributed by atoms with van der Waals surface area (Å²) in [4.78, 5) is 6.59. The average Bonchev–Trinajstić information content (AvgIpc) is 3.26. The second-order valence-corrected chi connectivity index (χ2v) is 7.77. The van der Waals surface area contributed by atoms with Crippen molar-refractivity contribution in [3.05, 3.63) is 81.2 Å². The summed E-state index contributed by atoms with van der Waals surface area (Å²) in [6, 6.07) is 11.7. The Kier molecular flexibility index (Phi) is 5.64. The summed E-state index contributed by atoms with van der Waals surface area (Å²) in [6.07, 6.45) is 0.404. The number of halogens is 3. The number of aliphatic hydroxyl groups is 1. The quantitative estimate of drug-likeness (QED) is 0.660.